The van der Waals surface area contributed by atoms with Crippen LogP contribution in [0.25, 0.3) is 0 Å². The van der Waals surface area contributed by atoms with Crippen molar-refractivity contribution in [3.8, 4) is 0 Å². The van der Waals surface area contributed by atoms with Crippen molar-refractivity contribution >= 4 is 34.0 Å². The molecular formula is C14H17IN2O2. The molecule has 2 fully saturated rings. The van der Waals surface area contributed by atoms with Gasteiger partial charge < -0.3 is 5.32 Å². The summed E-state index contributed by atoms with van der Waals surface area (Å²) in [5.41, 5.74) is 1.18. The van der Waals surface area contributed by atoms with Crippen molar-refractivity contribution in [2.24, 2.45) is 17.8 Å². The van der Waals surface area contributed by atoms with Crippen LogP contribution >= 0.6 is 22.6 Å². The van der Waals surface area contributed by atoms with Gasteiger partial charge in [0.1, 0.15) is 0 Å². The van der Waals surface area contributed by atoms with Gasteiger partial charge in [-0.05, 0) is 71.7 Å². The summed E-state index contributed by atoms with van der Waals surface area (Å²) >= 11 is 2.03. The molecule has 4 nitrogen and oxygen atoms in total. The second kappa shape index (κ2) is 5.26. The van der Waals surface area contributed by atoms with Crippen LogP contribution in [-0.2, 0) is 0 Å². The molecule has 0 aromatic heterocycles. The minimum Gasteiger partial charge on any atom is -0.385 e. The Morgan fingerprint density at radius 1 is 1.37 bits per heavy atom. The lowest BCUT2D eigenvalue weighted by Gasteiger charge is -2.22. The van der Waals surface area contributed by atoms with Crippen LogP contribution in [0, 0.1) is 31.4 Å². The van der Waals surface area contributed by atoms with Crippen LogP contribution in [0.4, 0.5) is 11.4 Å². The Labute approximate surface area is 126 Å². The van der Waals surface area contributed by atoms with Gasteiger partial charge in [0.15, 0.2) is 0 Å². The van der Waals surface area contributed by atoms with Gasteiger partial charge in [-0.2, -0.15) is 0 Å². The third-order valence-corrected chi connectivity index (χ3v) is 5.46. The number of benzene rings is 1. The minimum absolute atomic E-state index is 0.186. The number of hydrogen-bond donors (Lipinski definition) is 1. The number of rotatable bonds is 4. The molecular weight excluding hydrogens is 355 g/mol. The number of anilines is 1. The lowest BCUT2D eigenvalue weighted by molar-refractivity contribution is -0.385. The van der Waals surface area contributed by atoms with Crippen molar-refractivity contribution in [2.75, 3.05) is 11.9 Å². The maximum Gasteiger partial charge on any atom is 0.282 e. The van der Waals surface area contributed by atoms with Crippen molar-refractivity contribution in [1.82, 2.24) is 0 Å². The van der Waals surface area contributed by atoms with Crippen molar-refractivity contribution < 1.29 is 4.92 Å². The van der Waals surface area contributed by atoms with Gasteiger partial charge in [0.2, 0.25) is 0 Å². The molecule has 3 rings (SSSR count). The average Bonchev–Trinajstić information content (AvgIpc) is 2.98. The second-order valence-corrected chi connectivity index (χ2v) is 6.90. The maximum absolute atomic E-state index is 10.8. The minimum atomic E-state index is -0.332. The maximum atomic E-state index is 10.8. The number of nitro groups is 1. The lowest BCUT2D eigenvalue weighted by Crippen LogP contribution is -2.20. The first-order valence-corrected chi connectivity index (χ1v) is 7.89. The van der Waals surface area contributed by atoms with Crippen molar-refractivity contribution in [3.63, 3.8) is 0 Å². The van der Waals surface area contributed by atoms with Gasteiger partial charge in [-0.3, -0.25) is 10.1 Å². The molecule has 3 atom stereocenters. The summed E-state index contributed by atoms with van der Waals surface area (Å²) in [5, 5.41) is 14.2. The molecule has 2 aliphatic rings. The number of halogens is 1. The third-order valence-electron chi connectivity index (χ3n) is 4.60. The normalized spacial score (nSPS) is 28.6. The van der Waals surface area contributed by atoms with E-state index in [1.165, 1.54) is 25.7 Å². The topological polar surface area (TPSA) is 55.2 Å². The first-order valence-electron chi connectivity index (χ1n) is 6.81. The summed E-state index contributed by atoms with van der Waals surface area (Å²) in [4.78, 5) is 10.4. The molecule has 0 aliphatic heterocycles. The van der Waals surface area contributed by atoms with E-state index in [-0.39, 0.29) is 10.6 Å². The summed E-state index contributed by atoms with van der Waals surface area (Å²) in [6, 6.07) is 5.27. The molecule has 5 heteroatoms. The monoisotopic (exact) mass is 372 g/mol. The highest BCUT2D eigenvalue weighted by Gasteiger charge is 2.38. The number of hydrogen-bond acceptors (Lipinski definition) is 3. The molecule has 1 aromatic carbocycles. The standard InChI is InChI=1S/C14H17IN2O2/c15-13-7-12(3-4-14(13)17(18)19)16-8-11-6-9-1-2-10(11)5-9/h3-4,7,9-11,16H,1-2,5-6,8H2. The van der Waals surface area contributed by atoms with Crippen LogP contribution in [-0.4, -0.2) is 11.5 Å². The molecule has 2 aliphatic carbocycles. The molecule has 19 heavy (non-hydrogen) atoms. The van der Waals surface area contributed by atoms with Gasteiger partial charge in [-0.25, -0.2) is 0 Å². The lowest BCUT2D eigenvalue weighted by atomic mass is 9.89. The summed E-state index contributed by atoms with van der Waals surface area (Å²) in [7, 11) is 0. The van der Waals surface area contributed by atoms with Crippen molar-refractivity contribution in [2.45, 2.75) is 25.7 Å². The highest BCUT2D eigenvalue weighted by molar-refractivity contribution is 14.1. The fourth-order valence-electron chi connectivity index (χ4n) is 3.64. The van der Waals surface area contributed by atoms with E-state index in [2.05, 4.69) is 5.32 Å². The molecule has 0 amide bonds. The van der Waals surface area contributed by atoms with Gasteiger partial charge in [0, 0.05) is 18.3 Å². The Morgan fingerprint density at radius 3 is 2.79 bits per heavy atom. The number of fused-ring (bicyclic) bond motifs is 2. The van der Waals surface area contributed by atoms with Crippen LogP contribution in [0.15, 0.2) is 18.2 Å². The van der Waals surface area contributed by atoms with Crippen LogP contribution in [0.2, 0.25) is 0 Å². The number of nitrogens with one attached hydrogen (secondary N) is 1. The summed E-state index contributed by atoms with van der Waals surface area (Å²) < 4.78 is 0.695. The van der Waals surface area contributed by atoms with Gasteiger partial charge in [0.25, 0.3) is 5.69 Å². The van der Waals surface area contributed by atoms with Crippen LogP contribution in [0.3, 0.4) is 0 Å². The Bertz CT molecular complexity index is 506. The van der Waals surface area contributed by atoms with E-state index in [4.69, 9.17) is 0 Å². The molecule has 1 aromatic rings. The molecule has 0 radical (unpaired) electrons. The molecule has 1 N–H and O–H groups in total. The summed E-state index contributed by atoms with van der Waals surface area (Å²) in [6.45, 7) is 1.01. The van der Waals surface area contributed by atoms with Gasteiger partial charge in [0.05, 0.1) is 8.49 Å². The smallest absolute Gasteiger partial charge is 0.282 e. The molecule has 2 saturated carbocycles. The van der Waals surface area contributed by atoms with E-state index in [0.29, 0.717) is 3.57 Å². The zero-order valence-electron chi connectivity index (χ0n) is 10.6. The zero-order valence-corrected chi connectivity index (χ0v) is 12.8. The Kier molecular flexibility index (Phi) is 3.64. The molecule has 0 spiro atoms. The van der Waals surface area contributed by atoms with Gasteiger partial charge in [-0.1, -0.05) is 6.42 Å². The number of nitro benzene ring substituents is 1. The zero-order chi connectivity index (χ0) is 13.4. The highest BCUT2D eigenvalue weighted by atomic mass is 127. The van der Waals surface area contributed by atoms with Gasteiger partial charge in [-0.15, -0.1) is 0 Å². The SMILES string of the molecule is O=[N+]([O-])c1ccc(NCC2CC3CCC2C3)cc1I. The van der Waals surface area contributed by atoms with E-state index in [1.807, 2.05) is 34.7 Å². The van der Waals surface area contributed by atoms with E-state index < -0.39 is 0 Å². The Hall–Kier alpha value is -0.850. The molecule has 0 heterocycles. The van der Waals surface area contributed by atoms with Crippen LogP contribution in [0.5, 0.6) is 0 Å². The van der Waals surface area contributed by atoms with Crippen molar-refractivity contribution in [3.05, 3.63) is 31.9 Å². The first kappa shape index (κ1) is 13.1. The Balaban J connectivity index is 1.61. The third kappa shape index (κ3) is 2.70. The fraction of sp³-hybridized carbons (Fsp3) is 0.571. The fourth-order valence-corrected chi connectivity index (χ4v) is 4.35. The predicted molar refractivity (Wildman–Crippen MR) is 83.2 cm³/mol. The van der Waals surface area contributed by atoms with Crippen LogP contribution in [0.1, 0.15) is 25.7 Å². The highest BCUT2D eigenvalue weighted by Crippen LogP contribution is 2.48. The molecule has 3 unspecified atom stereocenters. The number of nitrogens with zero attached hydrogens (tertiary/aromatic N) is 1. The predicted octanol–water partition coefficient (Wildman–Crippen LogP) is 4.05. The van der Waals surface area contributed by atoms with Gasteiger partial charge >= 0.3 is 0 Å². The first-order chi connectivity index (χ1) is 9.13. The Morgan fingerprint density at radius 2 is 2.21 bits per heavy atom. The summed E-state index contributed by atoms with van der Waals surface area (Å²) in [5.74, 6) is 2.68. The van der Waals surface area contributed by atoms with Crippen LogP contribution < -0.4 is 5.32 Å². The van der Waals surface area contributed by atoms with E-state index >= 15 is 0 Å². The van der Waals surface area contributed by atoms with E-state index in [0.717, 1.165) is 30.0 Å². The molecule has 0 saturated heterocycles. The largest absolute Gasteiger partial charge is 0.385 e. The van der Waals surface area contributed by atoms with Crippen molar-refractivity contribution in [1.29, 1.82) is 0 Å². The van der Waals surface area contributed by atoms with E-state index in [1.54, 1.807) is 6.07 Å². The van der Waals surface area contributed by atoms with E-state index in [9.17, 15) is 10.1 Å². The quantitative estimate of drug-likeness (QED) is 0.493. The second-order valence-electron chi connectivity index (χ2n) is 5.74. The molecule has 102 valence electrons. The molecule has 2 bridgehead atoms. The summed E-state index contributed by atoms with van der Waals surface area (Å²) in [6.07, 6.45) is 5.61. The average molecular weight is 372 g/mol.